The van der Waals surface area contributed by atoms with Gasteiger partial charge in [0.05, 0.1) is 0 Å². The van der Waals surface area contributed by atoms with Gasteiger partial charge in [-0.3, -0.25) is 0 Å². The van der Waals surface area contributed by atoms with Crippen LogP contribution < -0.4 is 9.80 Å². The fraction of sp³-hybridized carbons (Fsp3) is 0.226. The summed E-state index contributed by atoms with van der Waals surface area (Å²) in [4.78, 5) is 4.70. The van der Waals surface area contributed by atoms with Gasteiger partial charge in [0.15, 0.2) is 0 Å². The van der Waals surface area contributed by atoms with Crippen molar-refractivity contribution in [3.05, 3.63) is 119 Å². The Morgan fingerprint density at radius 2 is 0.939 bits per heavy atom. The summed E-state index contributed by atoms with van der Waals surface area (Å²) >= 11 is 0. The molecule has 0 fully saturated rings. The van der Waals surface area contributed by atoms with Crippen molar-refractivity contribution < 1.29 is 0 Å². The van der Waals surface area contributed by atoms with Crippen molar-refractivity contribution in [1.29, 1.82) is 0 Å². The first kappa shape index (κ1) is 22.7. The van der Waals surface area contributed by atoms with E-state index in [0.29, 0.717) is 0 Å². The van der Waals surface area contributed by atoms with E-state index in [1.54, 1.807) is 0 Å². The van der Waals surface area contributed by atoms with E-state index in [1.807, 2.05) is 0 Å². The zero-order chi connectivity index (χ0) is 23.2. The molecule has 0 radical (unpaired) electrons. The van der Waals surface area contributed by atoms with Gasteiger partial charge < -0.3 is 9.80 Å². The SMILES string of the molecule is CCN(Cc1ccc(-c2ccc(CN(C)c3ccc(C)cc3)cc2)cc1)c1ccc(C)cc1. The first-order valence-corrected chi connectivity index (χ1v) is 11.8. The normalized spacial score (nSPS) is 10.8. The van der Waals surface area contributed by atoms with Gasteiger partial charge in [-0.15, -0.1) is 0 Å². The summed E-state index contributed by atoms with van der Waals surface area (Å²) in [7, 11) is 2.15. The molecule has 0 saturated heterocycles. The van der Waals surface area contributed by atoms with Crippen molar-refractivity contribution in [3.63, 3.8) is 0 Å². The van der Waals surface area contributed by atoms with Crippen molar-refractivity contribution in [2.45, 2.75) is 33.9 Å². The number of hydrogen-bond acceptors (Lipinski definition) is 2. The van der Waals surface area contributed by atoms with Crippen molar-refractivity contribution in [3.8, 4) is 11.1 Å². The Bertz CT molecular complexity index is 1140. The number of benzene rings is 4. The minimum atomic E-state index is 0.897. The van der Waals surface area contributed by atoms with Crippen LogP contribution in [-0.4, -0.2) is 13.6 Å². The van der Waals surface area contributed by atoms with Crippen LogP contribution in [0.5, 0.6) is 0 Å². The number of hydrogen-bond donors (Lipinski definition) is 0. The van der Waals surface area contributed by atoms with Crippen LogP contribution in [-0.2, 0) is 13.1 Å². The highest BCUT2D eigenvalue weighted by Gasteiger charge is 2.07. The van der Waals surface area contributed by atoms with Gasteiger partial charge in [0.25, 0.3) is 0 Å². The second-order valence-electron chi connectivity index (χ2n) is 8.94. The predicted octanol–water partition coefficient (Wildman–Crippen LogP) is 7.63. The Labute approximate surface area is 199 Å². The van der Waals surface area contributed by atoms with E-state index < -0.39 is 0 Å². The molecule has 0 unspecified atom stereocenters. The van der Waals surface area contributed by atoms with Crippen LogP contribution in [0.3, 0.4) is 0 Å². The molecule has 0 aliphatic carbocycles. The quantitative estimate of drug-likeness (QED) is 0.281. The Balaban J connectivity index is 1.40. The van der Waals surface area contributed by atoms with Gasteiger partial charge in [-0.1, -0.05) is 83.9 Å². The molecule has 0 amide bonds. The first-order valence-electron chi connectivity index (χ1n) is 11.8. The largest absolute Gasteiger partial charge is 0.370 e. The minimum Gasteiger partial charge on any atom is -0.370 e. The fourth-order valence-corrected chi connectivity index (χ4v) is 4.13. The Morgan fingerprint density at radius 3 is 1.39 bits per heavy atom. The molecule has 0 saturated carbocycles. The summed E-state index contributed by atoms with van der Waals surface area (Å²) in [6, 6.07) is 35.4. The Hall–Kier alpha value is -3.52. The Morgan fingerprint density at radius 1 is 0.515 bits per heavy atom. The average Bonchev–Trinajstić information content (AvgIpc) is 2.84. The molecular formula is C31H34N2. The van der Waals surface area contributed by atoms with E-state index in [4.69, 9.17) is 0 Å². The molecule has 2 heteroatoms. The zero-order valence-electron chi connectivity index (χ0n) is 20.3. The highest BCUT2D eigenvalue weighted by Crippen LogP contribution is 2.24. The monoisotopic (exact) mass is 434 g/mol. The molecule has 0 aliphatic heterocycles. The molecule has 2 nitrogen and oxygen atoms in total. The van der Waals surface area contributed by atoms with Crippen molar-refractivity contribution >= 4 is 11.4 Å². The molecule has 168 valence electrons. The molecular weight excluding hydrogens is 400 g/mol. The number of anilines is 2. The van der Waals surface area contributed by atoms with Crippen LogP contribution in [0, 0.1) is 13.8 Å². The molecule has 0 aliphatic rings. The van der Waals surface area contributed by atoms with E-state index in [1.165, 1.54) is 44.8 Å². The predicted molar refractivity (Wildman–Crippen MR) is 143 cm³/mol. The van der Waals surface area contributed by atoms with E-state index in [9.17, 15) is 0 Å². The zero-order valence-corrected chi connectivity index (χ0v) is 20.3. The van der Waals surface area contributed by atoms with Crippen LogP contribution >= 0.6 is 0 Å². The molecule has 0 heterocycles. The fourth-order valence-electron chi connectivity index (χ4n) is 4.13. The summed E-state index contributed by atoms with van der Waals surface area (Å²) in [5.74, 6) is 0. The van der Waals surface area contributed by atoms with Crippen LogP contribution in [0.15, 0.2) is 97.1 Å². The smallest absolute Gasteiger partial charge is 0.0429 e. The van der Waals surface area contributed by atoms with Gasteiger partial charge in [-0.05, 0) is 67.3 Å². The van der Waals surface area contributed by atoms with E-state index >= 15 is 0 Å². The third-order valence-electron chi connectivity index (χ3n) is 6.29. The van der Waals surface area contributed by atoms with Gasteiger partial charge in [0, 0.05) is 38.1 Å². The lowest BCUT2D eigenvalue weighted by Crippen LogP contribution is -2.21. The number of rotatable bonds is 8. The first-order chi connectivity index (χ1) is 16.0. The highest BCUT2D eigenvalue weighted by molar-refractivity contribution is 5.64. The summed E-state index contributed by atoms with van der Waals surface area (Å²) < 4.78 is 0. The number of aryl methyl sites for hydroxylation is 2. The van der Waals surface area contributed by atoms with Gasteiger partial charge in [0.1, 0.15) is 0 Å². The Kier molecular flexibility index (Phi) is 7.14. The van der Waals surface area contributed by atoms with Crippen LogP contribution in [0.25, 0.3) is 11.1 Å². The molecule has 33 heavy (non-hydrogen) atoms. The van der Waals surface area contributed by atoms with E-state index in [2.05, 4.69) is 135 Å². The lowest BCUT2D eigenvalue weighted by atomic mass is 10.0. The topological polar surface area (TPSA) is 6.48 Å². The lowest BCUT2D eigenvalue weighted by Gasteiger charge is -2.23. The maximum Gasteiger partial charge on any atom is 0.0429 e. The van der Waals surface area contributed by atoms with Crippen molar-refractivity contribution in [2.75, 3.05) is 23.4 Å². The minimum absolute atomic E-state index is 0.897. The second kappa shape index (κ2) is 10.4. The molecule has 0 spiro atoms. The van der Waals surface area contributed by atoms with Crippen molar-refractivity contribution in [1.82, 2.24) is 0 Å². The van der Waals surface area contributed by atoms with Gasteiger partial charge in [-0.25, -0.2) is 0 Å². The molecule has 0 aromatic heterocycles. The van der Waals surface area contributed by atoms with Crippen LogP contribution in [0.4, 0.5) is 11.4 Å². The van der Waals surface area contributed by atoms with Crippen molar-refractivity contribution in [2.24, 2.45) is 0 Å². The molecule has 0 bridgehead atoms. The van der Waals surface area contributed by atoms with E-state index in [0.717, 1.165) is 19.6 Å². The van der Waals surface area contributed by atoms with Gasteiger partial charge in [0.2, 0.25) is 0 Å². The van der Waals surface area contributed by atoms with Crippen LogP contribution in [0.2, 0.25) is 0 Å². The van der Waals surface area contributed by atoms with Gasteiger partial charge >= 0.3 is 0 Å². The molecule has 4 aromatic rings. The molecule has 0 N–H and O–H groups in total. The summed E-state index contributed by atoms with van der Waals surface area (Å²) in [5.41, 5.74) is 10.3. The summed E-state index contributed by atoms with van der Waals surface area (Å²) in [5, 5.41) is 0. The maximum atomic E-state index is 2.41. The van der Waals surface area contributed by atoms with Crippen LogP contribution in [0.1, 0.15) is 29.2 Å². The molecule has 4 aromatic carbocycles. The summed E-state index contributed by atoms with van der Waals surface area (Å²) in [6.45, 7) is 9.28. The third-order valence-corrected chi connectivity index (χ3v) is 6.29. The molecule has 0 atom stereocenters. The standard InChI is InChI=1S/C31H34N2/c1-5-33(31-20-8-25(3)9-21-31)23-27-12-16-29(17-13-27)28-14-10-26(11-15-28)22-32(4)30-18-6-24(2)7-19-30/h6-21H,5,22-23H2,1-4H3. The maximum absolute atomic E-state index is 2.41. The average molecular weight is 435 g/mol. The second-order valence-corrected chi connectivity index (χ2v) is 8.94. The number of nitrogens with zero attached hydrogens (tertiary/aromatic N) is 2. The highest BCUT2D eigenvalue weighted by atomic mass is 15.1. The van der Waals surface area contributed by atoms with E-state index in [-0.39, 0.29) is 0 Å². The summed E-state index contributed by atoms with van der Waals surface area (Å²) in [6.07, 6.45) is 0. The third kappa shape index (κ3) is 5.84. The van der Waals surface area contributed by atoms with Gasteiger partial charge in [-0.2, -0.15) is 0 Å². The lowest BCUT2D eigenvalue weighted by molar-refractivity contribution is 0.832. The molecule has 4 rings (SSSR count).